The van der Waals surface area contributed by atoms with Crippen LogP contribution in [0, 0.1) is 17.8 Å². The number of carboxylic acid groups (broad SMARTS) is 3. The van der Waals surface area contributed by atoms with Crippen molar-refractivity contribution in [1.82, 2.24) is 0 Å². The molecule has 3 N–H and O–H groups in total. The van der Waals surface area contributed by atoms with E-state index in [0.717, 1.165) is 0 Å². The Labute approximate surface area is 125 Å². The largest absolute Gasteiger partial charge is 0.481 e. The molecule has 0 aromatic carbocycles. The first kappa shape index (κ1) is 19.4. The lowest BCUT2D eigenvalue weighted by Crippen LogP contribution is -2.23. The molecule has 0 rings (SSSR count). The molecule has 122 valence electrons. The Balaban J connectivity index is 4.46. The molecule has 3 unspecified atom stereocenters. The van der Waals surface area contributed by atoms with Crippen molar-refractivity contribution in [2.45, 2.75) is 58.8 Å². The highest BCUT2D eigenvalue weighted by atomic mass is 16.4. The highest BCUT2D eigenvalue weighted by Gasteiger charge is 2.26. The lowest BCUT2D eigenvalue weighted by molar-refractivity contribution is -0.146. The lowest BCUT2D eigenvalue weighted by atomic mass is 9.87. The van der Waals surface area contributed by atoms with Gasteiger partial charge in [-0.1, -0.05) is 26.7 Å². The summed E-state index contributed by atoms with van der Waals surface area (Å²) < 4.78 is 0. The lowest BCUT2D eigenvalue weighted by Gasteiger charge is -2.18. The summed E-state index contributed by atoms with van der Waals surface area (Å²) in [6.07, 6.45) is 3.03. The van der Waals surface area contributed by atoms with Gasteiger partial charge >= 0.3 is 17.9 Å². The van der Waals surface area contributed by atoms with Crippen LogP contribution in [0.2, 0.25) is 0 Å². The standard InChI is InChI=1S/C15H26O6/c1-3-6-11(14(18)19)9-12(15(20)21)8-5-7-10(4-2)13(16)17/h10-12H,3-9H2,1-2H3,(H,16,17)(H,18,19)(H,20,21). The zero-order chi connectivity index (χ0) is 16.4. The van der Waals surface area contributed by atoms with Crippen LogP contribution in [0.3, 0.4) is 0 Å². The smallest absolute Gasteiger partial charge is 0.306 e. The molecule has 6 nitrogen and oxygen atoms in total. The average molecular weight is 302 g/mol. The van der Waals surface area contributed by atoms with Crippen LogP contribution >= 0.6 is 0 Å². The number of aliphatic carboxylic acids is 3. The molecule has 0 heterocycles. The fourth-order valence-corrected chi connectivity index (χ4v) is 2.49. The molecule has 0 saturated carbocycles. The van der Waals surface area contributed by atoms with E-state index in [1.807, 2.05) is 6.92 Å². The van der Waals surface area contributed by atoms with Crippen LogP contribution < -0.4 is 0 Å². The second-order valence-corrected chi connectivity index (χ2v) is 5.47. The maximum atomic E-state index is 11.2. The first-order chi connectivity index (χ1) is 9.83. The van der Waals surface area contributed by atoms with Crippen LogP contribution in [-0.4, -0.2) is 33.2 Å². The van der Waals surface area contributed by atoms with Crippen molar-refractivity contribution in [2.24, 2.45) is 17.8 Å². The van der Waals surface area contributed by atoms with Gasteiger partial charge in [-0.15, -0.1) is 0 Å². The summed E-state index contributed by atoms with van der Waals surface area (Å²) in [5, 5.41) is 27.2. The van der Waals surface area contributed by atoms with Gasteiger partial charge in [-0.05, 0) is 32.1 Å². The van der Waals surface area contributed by atoms with Gasteiger partial charge < -0.3 is 15.3 Å². The minimum atomic E-state index is -0.999. The second kappa shape index (κ2) is 10.2. The van der Waals surface area contributed by atoms with Crippen molar-refractivity contribution in [3.05, 3.63) is 0 Å². The quantitative estimate of drug-likeness (QED) is 0.511. The molecule has 0 fully saturated rings. The summed E-state index contributed by atoms with van der Waals surface area (Å²) in [7, 11) is 0. The number of carboxylic acids is 3. The van der Waals surface area contributed by atoms with Gasteiger partial charge in [-0.3, -0.25) is 14.4 Å². The van der Waals surface area contributed by atoms with Gasteiger partial charge in [-0.25, -0.2) is 0 Å². The Hall–Kier alpha value is -1.59. The monoisotopic (exact) mass is 302 g/mol. The second-order valence-electron chi connectivity index (χ2n) is 5.47. The van der Waals surface area contributed by atoms with Crippen molar-refractivity contribution in [1.29, 1.82) is 0 Å². The van der Waals surface area contributed by atoms with Gasteiger partial charge in [-0.2, -0.15) is 0 Å². The molecule has 6 heteroatoms. The Morgan fingerprint density at radius 3 is 1.57 bits per heavy atom. The summed E-state index contributed by atoms with van der Waals surface area (Å²) in [5.41, 5.74) is 0. The molecule has 0 spiro atoms. The summed E-state index contributed by atoms with van der Waals surface area (Å²) >= 11 is 0. The van der Waals surface area contributed by atoms with E-state index in [1.165, 1.54) is 0 Å². The van der Waals surface area contributed by atoms with Crippen LogP contribution in [-0.2, 0) is 14.4 Å². The summed E-state index contributed by atoms with van der Waals surface area (Å²) in [5.74, 6) is -4.63. The number of rotatable bonds is 12. The predicted octanol–water partition coefficient (Wildman–Crippen LogP) is 2.86. The molecular formula is C15H26O6. The molecule has 0 radical (unpaired) electrons. The molecular weight excluding hydrogens is 276 g/mol. The fourth-order valence-electron chi connectivity index (χ4n) is 2.49. The van der Waals surface area contributed by atoms with Crippen LogP contribution in [0.4, 0.5) is 0 Å². The minimum Gasteiger partial charge on any atom is -0.481 e. The zero-order valence-electron chi connectivity index (χ0n) is 12.7. The molecule has 0 aliphatic rings. The van der Waals surface area contributed by atoms with Crippen molar-refractivity contribution >= 4 is 17.9 Å². The van der Waals surface area contributed by atoms with E-state index in [-0.39, 0.29) is 6.42 Å². The Bertz CT molecular complexity index is 352. The van der Waals surface area contributed by atoms with E-state index in [4.69, 9.17) is 10.2 Å². The van der Waals surface area contributed by atoms with E-state index in [1.54, 1.807) is 6.92 Å². The third-order valence-corrected chi connectivity index (χ3v) is 3.85. The van der Waals surface area contributed by atoms with Crippen LogP contribution in [0.25, 0.3) is 0 Å². The zero-order valence-corrected chi connectivity index (χ0v) is 12.7. The highest BCUT2D eigenvalue weighted by molar-refractivity contribution is 5.73. The van der Waals surface area contributed by atoms with E-state index >= 15 is 0 Å². The average Bonchev–Trinajstić information content (AvgIpc) is 2.40. The van der Waals surface area contributed by atoms with Gasteiger partial charge in [0, 0.05) is 0 Å². The predicted molar refractivity (Wildman–Crippen MR) is 77.0 cm³/mol. The first-order valence-electron chi connectivity index (χ1n) is 7.51. The first-order valence-corrected chi connectivity index (χ1v) is 7.51. The molecule has 0 saturated heterocycles. The fraction of sp³-hybridized carbons (Fsp3) is 0.800. The van der Waals surface area contributed by atoms with Crippen molar-refractivity contribution in [2.75, 3.05) is 0 Å². The van der Waals surface area contributed by atoms with Crippen molar-refractivity contribution < 1.29 is 29.7 Å². The van der Waals surface area contributed by atoms with Gasteiger partial charge in [0.15, 0.2) is 0 Å². The van der Waals surface area contributed by atoms with E-state index < -0.39 is 35.7 Å². The molecule has 0 aliphatic heterocycles. The number of hydrogen-bond donors (Lipinski definition) is 3. The van der Waals surface area contributed by atoms with Crippen LogP contribution in [0.5, 0.6) is 0 Å². The van der Waals surface area contributed by atoms with Gasteiger partial charge in [0.05, 0.1) is 17.8 Å². The van der Waals surface area contributed by atoms with E-state index in [2.05, 4.69) is 0 Å². The van der Waals surface area contributed by atoms with E-state index in [0.29, 0.717) is 38.5 Å². The normalized spacial score (nSPS) is 15.1. The number of hydrogen-bond acceptors (Lipinski definition) is 3. The summed E-state index contributed by atoms with van der Waals surface area (Å²) in [6, 6.07) is 0. The van der Waals surface area contributed by atoms with Gasteiger partial charge in [0.1, 0.15) is 0 Å². The Morgan fingerprint density at radius 1 is 0.762 bits per heavy atom. The topological polar surface area (TPSA) is 112 Å². The molecule has 0 aliphatic carbocycles. The SMILES string of the molecule is CCCC(CC(CCCC(CC)C(=O)O)C(=O)O)C(=O)O. The molecule has 0 bridgehead atoms. The molecule has 3 atom stereocenters. The van der Waals surface area contributed by atoms with Gasteiger partial charge in [0.25, 0.3) is 0 Å². The van der Waals surface area contributed by atoms with Gasteiger partial charge in [0.2, 0.25) is 0 Å². The van der Waals surface area contributed by atoms with Crippen molar-refractivity contribution in [3.63, 3.8) is 0 Å². The van der Waals surface area contributed by atoms with E-state index in [9.17, 15) is 19.5 Å². The number of carbonyl (C=O) groups is 3. The minimum absolute atomic E-state index is 0.113. The summed E-state index contributed by atoms with van der Waals surface area (Å²) in [6.45, 7) is 3.65. The van der Waals surface area contributed by atoms with Crippen LogP contribution in [0.1, 0.15) is 58.8 Å². The molecule has 0 amide bonds. The highest BCUT2D eigenvalue weighted by Crippen LogP contribution is 2.24. The third kappa shape index (κ3) is 7.68. The maximum absolute atomic E-state index is 11.2. The van der Waals surface area contributed by atoms with Crippen LogP contribution in [0.15, 0.2) is 0 Å². The molecule has 0 aromatic rings. The third-order valence-electron chi connectivity index (χ3n) is 3.85. The molecule has 0 aromatic heterocycles. The Kier molecular flexibility index (Phi) is 9.41. The van der Waals surface area contributed by atoms with Crippen molar-refractivity contribution in [3.8, 4) is 0 Å². The Morgan fingerprint density at radius 2 is 1.19 bits per heavy atom. The maximum Gasteiger partial charge on any atom is 0.306 e. The molecule has 21 heavy (non-hydrogen) atoms. The summed E-state index contributed by atoms with van der Waals surface area (Å²) in [4.78, 5) is 33.2.